The molecule has 3 aliphatic rings. The van der Waals surface area contributed by atoms with Crippen LogP contribution in [-0.2, 0) is 11.2 Å². The van der Waals surface area contributed by atoms with Gasteiger partial charge in [0, 0.05) is 0 Å². The highest BCUT2D eigenvalue weighted by atomic mass is 16.5. The van der Waals surface area contributed by atoms with E-state index in [1.165, 1.54) is 108 Å². The van der Waals surface area contributed by atoms with Crippen LogP contribution in [-0.4, -0.2) is 5.97 Å². The van der Waals surface area contributed by atoms with Crippen molar-refractivity contribution in [3.8, 4) is 5.75 Å². The molecule has 0 saturated heterocycles. The molecule has 0 aliphatic heterocycles. The van der Waals surface area contributed by atoms with Crippen LogP contribution in [0, 0.1) is 35.5 Å². The molecule has 0 radical (unpaired) electrons. The standard InChI is InChI=1S/C34H54O2/c1-3-5-7-27-10-18-30(19-11-27)31-20-12-28(13-21-31)8-9-29-16-24-33(25-17-29)36-34(35)32-22-14-26(6-4-2)15-23-32/h16-17,24-28,30-32H,3-15,18-23H2,1-2H3. The van der Waals surface area contributed by atoms with Gasteiger partial charge in [-0.2, -0.15) is 0 Å². The van der Waals surface area contributed by atoms with Crippen molar-refractivity contribution < 1.29 is 9.53 Å². The minimum absolute atomic E-state index is 0.0103. The van der Waals surface area contributed by atoms with E-state index in [1.807, 2.05) is 12.1 Å². The van der Waals surface area contributed by atoms with Crippen LogP contribution in [0.2, 0.25) is 0 Å². The molecule has 0 spiro atoms. The van der Waals surface area contributed by atoms with Crippen LogP contribution in [0.15, 0.2) is 24.3 Å². The van der Waals surface area contributed by atoms with Gasteiger partial charge in [-0.05, 0) is 111 Å². The molecule has 0 bridgehead atoms. The first kappa shape index (κ1) is 27.7. The van der Waals surface area contributed by atoms with E-state index in [0.29, 0.717) is 0 Å². The molecule has 0 aromatic heterocycles. The van der Waals surface area contributed by atoms with Gasteiger partial charge < -0.3 is 4.74 Å². The Kier molecular flexibility index (Phi) is 11.2. The molecule has 3 saturated carbocycles. The van der Waals surface area contributed by atoms with E-state index in [4.69, 9.17) is 4.74 Å². The van der Waals surface area contributed by atoms with E-state index in [2.05, 4.69) is 26.0 Å². The van der Waals surface area contributed by atoms with Gasteiger partial charge in [-0.3, -0.25) is 4.79 Å². The summed E-state index contributed by atoms with van der Waals surface area (Å²) in [4.78, 5) is 12.6. The highest BCUT2D eigenvalue weighted by Gasteiger charge is 2.31. The molecule has 0 heterocycles. The first-order valence-electron chi connectivity index (χ1n) is 15.9. The van der Waals surface area contributed by atoms with Gasteiger partial charge in [0.25, 0.3) is 0 Å². The summed E-state index contributed by atoms with van der Waals surface area (Å²) in [6, 6.07) is 8.40. The van der Waals surface area contributed by atoms with E-state index in [0.717, 1.165) is 54.6 Å². The maximum atomic E-state index is 12.6. The van der Waals surface area contributed by atoms with Crippen LogP contribution in [0.5, 0.6) is 5.75 Å². The Hall–Kier alpha value is -1.31. The minimum Gasteiger partial charge on any atom is -0.426 e. The second kappa shape index (κ2) is 14.6. The van der Waals surface area contributed by atoms with Gasteiger partial charge in [-0.15, -0.1) is 0 Å². The zero-order valence-electron chi connectivity index (χ0n) is 23.5. The Balaban J connectivity index is 1.11. The molecule has 0 unspecified atom stereocenters. The Morgan fingerprint density at radius 1 is 0.667 bits per heavy atom. The number of rotatable bonds is 11. The molecule has 1 aromatic rings. The van der Waals surface area contributed by atoms with E-state index < -0.39 is 0 Å². The van der Waals surface area contributed by atoms with Crippen LogP contribution in [0.25, 0.3) is 0 Å². The fourth-order valence-electron chi connectivity index (χ4n) is 7.78. The van der Waals surface area contributed by atoms with E-state index in [9.17, 15) is 4.79 Å². The molecule has 4 rings (SSSR count). The molecule has 0 atom stereocenters. The van der Waals surface area contributed by atoms with E-state index >= 15 is 0 Å². The van der Waals surface area contributed by atoms with Gasteiger partial charge in [0.15, 0.2) is 0 Å². The van der Waals surface area contributed by atoms with Crippen LogP contribution in [0.1, 0.15) is 135 Å². The molecule has 1 aromatic carbocycles. The highest BCUT2D eigenvalue weighted by molar-refractivity contribution is 5.75. The summed E-state index contributed by atoms with van der Waals surface area (Å²) < 4.78 is 5.75. The van der Waals surface area contributed by atoms with Gasteiger partial charge in [-0.1, -0.05) is 83.8 Å². The normalized spacial score (nSPS) is 31.2. The Morgan fingerprint density at radius 2 is 1.19 bits per heavy atom. The molecule has 3 fully saturated rings. The van der Waals surface area contributed by atoms with Crippen LogP contribution in [0.3, 0.4) is 0 Å². The number of unbranched alkanes of at least 4 members (excludes halogenated alkanes) is 1. The topological polar surface area (TPSA) is 26.3 Å². The zero-order valence-corrected chi connectivity index (χ0v) is 23.5. The van der Waals surface area contributed by atoms with Crippen LogP contribution in [0.4, 0.5) is 0 Å². The van der Waals surface area contributed by atoms with Gasteiger partial charge >= 0.3 is 5.97 Å². The van der Waals surface area contributed by atoms with Gasteiger partial charge in [-0.25, -0.2) is 0 Å². The molecule has 2 heteroatoms. The fraction of sp³-hybridized carbons (Fsp3) is 0.794. The second-order valence-electron chi connectivity index (χ2n) is 12.8. The molecule has 2 nitrogen and oxygen atoms in total. The van der Waals surface area contributed by atoms with Crippen LogP contribution >= 0.6 is 0 Å². The molecular formula is C34H54O2. The molecule has 0 N–H and O–H groups in total. The average molecular weight is 495 g/mol. The fourth-order valence-corrected chi connectivity index (χ4v) is 7.78. The summed E-state index contributed by atoms with van der Waals surface area (Å²) in [6.45, 7) is 4.59. The Labute approximate surface area is 222 Å². The van der Waals surface area contributed by atoms with Crippen molar-refractivity contribution in [3.63, 3.8) is 0 Å². The summed E-state index contributed by atoms with van der Waals surface area (Å²) >= 11 is 0. The molecule has 0 amide bonds. The lowest BCUT2D eigenvalue weighted by atomic mass is 9.68. The van der Waals surface area contributed by atoms with Crippen LogP contribution < -0.4 is 4.74 Å². The lowest BCUT2D eigenvalue weighted by molar-refractivity contribution is -0.140. The number of aryl methyl sites for hydroxylation is 1. The third-order valence-corrected chi connectivity index (χ3v) is 10.3. The summed E-state index contributed by atoms with van der Waals surface area (Å²) in [7, 11) is 0. The third kappa shape index (κ3) is 8.35. The van der Waals surface area contributed by atoms with Gasteiger partial charge in [0.05, 0.1) is 5.92 Å². The summed E-state index contributed by atoms with van der Waals surface area (Å²) in [5, 5.41) is 0. The summed E-state index contributed by atoms with van der Waals surface area (Å²) in [5.41, 5.74) is 1.39. The molecular weight excluding hydrogens is 440 g/mol. The predicted molar refractivity (Wildman–Crippen MR) is 151 cm³/mol. The van der Waals surface area contributed by atoms with Crippen molar-refractivity contribution >= 4 is 5.97 Å². The highest BCUT2D eigenvalue weighted by Crippen LogP contribution is 2.43. The van der Waals surface area contributed by atoms with Crippen molar-refractivity contribution in [3.05, 3.63) is 29.8 Å². The number of hydrogen-bond donors (Lipinski definition) is 0. The lowest BCUT2D eigenvalue weighted by Crippen LogP contribution is -2.26. The number of hydrogen-bond acceptors (Lipinski definition) is 2. The monoisotopic (exact) mass is 494 g/mol. The number of esters is 1. The quantitative estimate of drug-likeness (QED) is 0.226. The summed E-state index contributed by atoms with van der Waals surface area (Å²) in [6.07, 6.45) is 25.6. The smallest absolute Gasteiger partial charge is 0.314 e. The number of benzene rings is 1. The Bertz CT molecular complexity index is 744. The number of carbonyl (C=O) groups excluding carboxylic acids is 1. The zero-order chi connectivity index (χ0) is 25.2. The minimum atomic E-state index is -0.0103. The Morgan fingerprint density at radius 3 is 1.75 bits per heavy atom. The van der Waals surface area contributed by atoms with Crippen molar-refractivity contribution in [2.75, 3.05) is 0 Å². The second-order valence-corrected chi connectivity index (χ2v) is 12.8. The first-order chi connectivity index (χ1) is 17.6. The van der Waals surface area contributed by atoms with Gasteiger partial charge in [0.2, 0.25) is 0 Å². The first-order valence-corrected chi connectivity index (χ1v) is 15.9. The largest absolute Gasteiger partial charge is 0.426 e. The average Bonchev–Trinajstić information content (AvgIpc) is 2.93. The predicted octanol–water partition coefficient (Wildman–Crippen LogP) is 9.93. The van der Waals surface area contributed by atoms with Crippen molar-refractivity contribution in [1.82, 2.24) is 0 Å². The maximum Gasteiger partial charge on any atom is 0.314 e. The number of carbonyl (C=O) groups is 1. The number of ether oxygens (including phenoxy) is 1. The maximum absolute atomic E-state index is 12.6. The molecule has 3 aliphatic carbocycles. The van der Waals surface area contributed by atoms with Crippen molar-refractivity contribution in [1.29, 1.82) is 0 Å². The lowest BCUT2D eigenvalue weighted by Gasteiger charge is -2.38. The van der Waals surface area contributed by atoms with Crippen molar-refractivity contribution in [2.24, 2.45) is 35.5 Å². The van der Waals surface area contributed by atoms with Crippen molar-refractivity contribution in [2.45, 2.75) is 136 Å². The summed E-state index contributed by atoms with van der Waals surface area (Å²) in [5.74, 6) is 5.64. The molecule has 202 valence electrons. The molecule has 36 heavy (non-hydrogen) atoms. The third-order valence-electron chi connectivity index (χ3n) is 10.3. The van der Waals surface area contributed by atoms with Gasteiger partial charge in [0.1, 0.15) is 5.75 Å². The SMILES string of the molecule is CCCCC1CCC(C2CCC(CCc3ccc(OC(=O)C4CCC(CCC)CC4)cc3)CC2)CC1. The van der Waals surface area contributed by atoms with E-state index in [-0.39, 0.29) is 11.9 Å². The van der Waals surface area contributed by atoms with E-state index in [1.54, 1.807) is 0 Å².